The number of hydrogen-bond acceptors (Lipinski definition) is 3. The minimum Gasteiger partial charge on any atom is -0.207 e. The van der Waals surface area contributed by atoms with Gasteiger partial charge in [0.1, 0.15) is 0 Å². The van der Waals surface area contributed by atoms with Gasteiger partial charge in [0.2, 0.25) is 10.0 Å². The van der Waals surface area contributed by atoms with Crippen LogP contribution in [0.1, 0.15) is 23.1 Å². The third-order valence-corrected chi connectivity index (χ3v) is 6.81. The van der Waals surface area contributed by atoms with Crippen LogP contribution in [0.5, 0.6) is 0 Å². The first-order valence-corrected chi connectivity index (χ1v) is 10.1. The van der Waals surface area contributed by atoms with Gasteiger partial charge in [-0.05, 0) is 64.9 Å². The predicted octanol–water partition coefficient (Wildman–Crippen LogP) is 3.87. The fourth-order valence-corrected chi connectivity index (χ4v) is 5.16. The molecule has 1 aliphatic carbocycles. The Bertz CT molecular complexity index is 974. The molecule has 2 aromatic carbocycles. The van der Waals surface area contributed by atoms with Gasteiger partial charge < -0.3 is 0 Å². The smallest absolute Gasteiger partial charge is 0.207 e. The monoisotopic (exact) mass is 343 g/mol. The molecule has 0 saturated carbocycles. The van der Waals surface area contributed by atoms with Crippen molar-refractivity contribution < 1.29 is 8.42 Å². The standard InChI is InChI=1S/C18H17NO2S2/c20-23(21,16-9-8-13-4-3-5-14(13)10-16)19-11-15-12-22-18-7-2-1-6-17(15)18/h1-2,6-10,12,19H,3-5,11H2. The van der Waals surface area contributed by atoms with Crippen molar-refractivity contribution in [2.24, 2.45) is 0 Å². The van der Waals surface area contributed by atoms with E-state index < -0.39 is 10.0 Å². The molecule has 3 aromatic rings. The molecular formula is C18H17NO2S2. The number of hydrogen-bond donors (Lipinski definition) is 1. The first kappa shape index (κ1) is 14.9. The Morgan fingerprint density at radius 3 is 2.78 bits per heavy atom. The number of sulfonamides is 1. The molecule has 0 aliphatic heterocycles. The first-order chi connectivity index (χ1) is 11.1. The summed E-state index contributed by atoms with van der Waals surface area (Å²) >= 11 is 1.64. The number of rotatable bonds is 4. The van der Waals surface area contributed by atoms with Gasteiger partial charge in [-0.25, -0.2) is 13.1 Å². The average molecular weight is 343 g/mol. The Morgan fingerprint density at radius 2 is 1.87 bits per heavy atom. The van der Waals surface area contributed by atoms with Gasteiger partial charge in [-0.2, -0.15) is 0 Å². The summed E-state index contributed by atoms with van der Waals surface area (Å²) in [5.74, 6) is 0. The lowest BCUT2D eigenvalue weighted by molar-refractivity contribution is 0.581. The normalized spacial score (nSPS) is 14.3. The summed E-state index contributed by atoms with van der Waals surface area (Å²) in [4.78, 5) is 0.373. The van der Waals surface area contributed by atoms with E-state index in [9.17, 15) is 8.42 Å². The van der Waals surface area contributed by atoms with Crippen molar-refractivity contribution >= 4 is 31.4 Å². The minimum absolute atomic E-state index is 0.323. The SMILES string of the molecule is O=S(=O)(NCc1csc2ccccc12)c1ccc2c(c1)CCC2. The van der Waals surface area contributed by atoms with Crippen LogP contribution < -0.4 is 4.72 Å². The highest BCUT2D eigenvalue weighted by Gasteiger charge is 2.18. The molecule has 0 fully saturated rings. The largest absolute Gasteiger partial charge is 0.240 e. The van der Waals surface area contributed by atoms with Crippen molar-refractivity contribution in [3.05, 3.63) is 64.5 Å². The second-order valence-electron chi connectivity index (χ2n) is 5.87. The molecule has 1 aromatic heterocycles. The molecule has 0 radical (unpaired) electrons. The molecule has 0 spiro atoms. The maximum absolute atomic E-state index is 12.6. The summed E-state index contributed by atoms with van der Waals surface area (Å²) < 4.78 is 29.0. The molecule has 5 heteroatoms. The number of fused-ring (bicyclic) bond motifs is 2. The summed E-state index contributed by atoms with van der Waals surface area (Å²) in [5.41, 5.74) is 3.48. The lowest BCUT2D eigenvalue weighted by Crippen LogP contribution is -2.23. The van der Waals surface area contributed by atoms with Gasteiger partial charge in [0.05, 0.1) is 4.90 Å². The van der Waals surface area contributed by atoms with Crippen LogP contribution >= 0.6 is 11.3 Å². The van der Waals surface area contributed by atoms with E-state index in [0.717, 1.165) is 30.2 Å². The summed E-state index contributed by atoms with van der Waals surface area (Å²) in [6.07, 6.45) is 3.16. The van der Waals surface area contributed by atoms with Crippen LogP contribution in [0.3, 0.4) is 0 Å². The van der Waals surface area contributed by atoms with Crippen molar-refractivity contribution in [1.82, 2.24) is 4.72 Å². The molecule has 4 rings (SSSR count). The Morgan fingerprint density at radius 1 is 1.04 bits per heavy atom. The Hall–Kier alpha value is -1.69. The molecule has 0 atom stereocenters. The second-order valence-corrected chi connectivity index (χ2v) is 8.54. The Kier molecular flexibility index (Phi) is 3.71. The highest BCUT2D eigenvalue weighted by Crippen LogP contribution is 2.27. The zero-order valence-electron chi connectivity index (χ0n) is 12.6. The highest BCUT2D eigenvalue weighted by molar-refractivity contribution is 7.89. The molecule has 0 unspecified atom stereocenters. The van der Waals surface area contributed by atoms with E-state index in [1.165, 1.54) is 15.8 Å². The molecule has 1 heterocycles. The van der Waals surface area contributed by atoms with Crippen molar-refractivity contribution in [1.29, 1.82) is 0 Å². The second kappa shape index (κ2) is 5.74. The zero-order chi connectivity index (χ0) is 15.9. The number of nitrogens with one attached hydrogen (secondary N) is 1. The molecule has 23 heavy (non-hydrogen) atoms. The summed E-state index contributed by atoms with van der Waals surface area (Å²) in [5, 5.41) is 3.14. The van der Waals surface area contributed by atoms with Crippen LogP contribution in [0, 0.1) is 0 Å². The van der Waals surface area contributed by atoms with Gasteiger partial charge in [0, 0.05) is 11.2 Å². The summed E-state index contributed by atoms with van der Waals surface area (Å²) in [7, 11) is -3.47. The molecule has 3 nitrogen and oxygen atoms in total. The van der Waals surface area contributed by atoms with Crippen molar-refractivity contribution in [2.75, 3.05) is 0 Å². The molecular weight excluding hydrogens is 326 g/mol. The molecule has 1 aliphatic rings. The predicted molar refractivity (Wildman–Crippen MR) is 94.3 cm³/mol. The Labute approximate surface area is 140 Å². The van der Waals surface area contributed by atoms with E-state index >= 15 is 0 Å². The van der Waals surface area contributed by atoms with Crippen LogP contribution in [0.15, 0.2) is 52.7 Å². The summed E-state index contributed by atoms with van der Waals surface area (Å²) in [6.45, 7) is 0.323. The van der Waals surface area contributed by atoms with E-state index in [4.69, 9.17) is 0 Å². The van der Waals surface area contributed by atoms with Crippen LogP contribution in [0.25, 0.3) is 10.1 Å². The van der Waals surface area contributed by atoms with Crippen molar-refractivity contribution in [2.45, 2.75) is 30.7 Å². The lowest BCUT2D eigenvalue weighted by atomic mass is 10.1. The van der Waals surface area contributed by atoms with E-state index in [1.54, 1.807) is 17.4 Å². The van der Waals surface area contributed by atoms with E-state index in [0.29, 0.717) is 11.4 Å². The molecule has 1 N–H and O–H groups in total. The lowest BCUT2D eigenvalue weighted by Gasteiger charge is -2.08. The zero-order valence-corrected chi connectivity index (χ0v) is 14.2. The van der Waals surface area contributed by atoms with Crippen LogP contribution in [-0.2, 0) is 29.4 Å². The third-order valence-electron chi connectivity index (χ3n) is 4.39. The van der Waals surface area contributed by atoms with Gasteiger partial charge in [-0.1, -0.05) is 24.3 Å². The summed E-state index contributed by atoms with van der Waals surface area (Å²) in [6, 6.07) is 13.6. The van der Waals surface area contributed by atoms with Crippen LogP contribution in [0.4, 0.5) is 0 Å². The number of benzene rings is 2. The van der Waals surface area contributed by atoms with E-state index in [2.05, 4.69) is 10.8 Å². The third kappa shape index (κ3) is 2.80. The van der Waals surface area contributed by atoms with Crippen LogP contribution in [0.2, 0.25) is 0 Å². The highest BCUT2D eigenvalue weighted by atomic mass is 32.2. The van der Waals surface area contributed by atoms with Gasteiger partial charge in [0.25, 0.3) is 0 Å². The van der Waals surface area contributed by atoms with E-state index in [1.807, 2.05) is 35.7 Å². The van der Waals surface area contributed by atoms with Crippen LogP contribution in [-0.4, -0.2) is 8.42 Å². The molecule has 118 valence electrons. The van der Waals surface area contributed by atoms with Gasteiger partial charge >= 0.3 is 0 Å². The van der Waals surface area contributed by atoms with Gasteiger partial charge in [-0.3, -0.25) is 0 Å². The molecule has 0 bridgehead atoms. The fourth-order valence-electron chi connectivity index (χ4n) is 3.14. The molecule has 0 amide bonds. The van der Waals surface area contributed by atoms with E-state index in [-0.39, 0.29) is 0 Å². The number of aryl methyl sites for hydroxylation is 2. The average Bonchev–Trinajstić information content (AvgIpc) is 3.19. The topological polar surface area (TPSA) is 46.2 Å². The van der Waals surface area contributed by atoms with Gasteiger partial charge in [0.15, 0.2) is 0 Å². The maximum atomic E-state index is 12.6. The minimum atomic E-state index is -3.47. The Balaban J connectivity index is 1.58. The quantitative estimate of drug-likeness (QED) is 0.782. The van der Waals surface area contributed by atoms with Crippen molar-refractivity contribution in [3.63, 3.8) is 0 Å². The van der Waals surface area contributed by atoms with Crippen molar-refractivity contribution in [3.8, 4) is 0 Å². The maximum Gasteiger partial charge on any atom is 0.240 e. The number of thiophene rings is 1. The fraction of sp³-hybridized carbons (Fsp3) is 0.222. The first-order valence-electron chi connectivity index (χ1n) is 7.70. The van der Waals surface area contributed by atoms with Gasteiger partial charge in [-0.15, -0.1) is 11.3 Å². The molecule has 0 saturated heterocycles.